The van der Waals surface area contributed by atoms with Crippen LogP contribution in [-0.2, 0) is 16.0 Å². The van der Waals surface area contributed by atoms with Crippen LogP contribution in [0.4, 0.5) is 0 Å². The van der Waals surface area contributed by atoms with Crippen molar-refractivity contribution in [3.63, 3.8) is 0 Å². The third kappa shape index (κ3) is 3.16. The second-order valence-corrected chi connectivity index (χ2v) is 8.27. The highest BCUT2D eigenvalue weighted by Crippen LogP contribution is 2.45. The monoisotopic (exact) mass is 408 g/mol. The van der Waals surface area contributed by atoms with Crippen LogP contribution in [0.15, 0.2) is 47.6 Å². The van der Waals surface area contributed by atoms with Crippen molar-refractivity contribution >= 4 is 11.6 Å². The summed E-state index contributed by atoms with van der Waals surface area (Å²) in [7, 11) is 4.83. The molecule has 0 fully saturated rings. The topological polar surface area (TPSA) is 60.4 Å². The van der Waals surface area contributed by atoms with E-state index >= 15 is 0 Å². The van der Waals surface area contributed by atoms with Crippen LogP contribution in [-0.4, -0.2) is 43.5 Å². The lowest BCUT2D eigenvalue weighted by Crippen LogP contribution is -2.48. The fourth-order valence-corrected chi connectivity index (χ4v) is 4.64. The number of benzene rings is 2. The Morgan fingerprint density at radius 3 is 2.40 bits per heavy atom. The highest BCUT2D eigenvalue weighted by atomic mass is 16.5. The normalized spacial score (nSPS) is 20.1. The van der Waals surface area contributed by atoms with Gasteiger partial charge in [0.1, 0.15) is 0 Å². The highest BCUT2D eigenvalue weighted by Gasteiger charge is 2.50. The number of carbonyl (C=O) groups is 1. The summed E-state index contributed by atoms with van der Waals surface area (Å²) in [6, 6.07) is 13.6. The predicted octanol–water partition coefficient (Wildman–Crippen LogP) is 3.98. The average molecular weight is 408 g/mol. The molecule has 0 N–H and O–H groups in total. The van der Waals surface area contributed by atoms with Crippen molar-refractivity contribution in [3.8, 4) is 11.5 Å². The molecular weight excluding hydrogens is 380 g/mol. The van der Waals surface area contributed by atoms with Crippen molar-refractivity contribution in [3.05, 3.63) is 59.2 Å². The molecule has 0 saturated heterocycles. The minimum Gasteiger partial charge on any atom is -0.493 e. The molecule has 158 valence electrons. The van der Waals surface area contributed by atoms with Gasteiger partial charge in [-0.25, -0.2) is 5.01 Å². The number of fused-ring (bicyclic) bond motifs is 3. The molecule has 2 atom stereocenters. The van der Waals surface area contributed by atoms with Gasteiger partial charge in [0.15, 0.2) is 17.6 Å². The molecule has 0 saturated carbocycles. The molecule has 0 radical (unpaired) electrons. The van der Waals surface area contributed by atoms with Gasteiger partial charge in [-0.1, -0.05) is 30.3 Å². The molecule has 6 nitrogen and oxygen atoms in total. The number of nitrogens with zero attached hydrogens (tertiary/aromatic N) is 2. The van der Waals surface area contributed by atoms with Gasteiger partial charge in [-0.3, -0.25) is 4.79 Å². The Hall–Kier alpha value is -2.86. The zero-order chi connectivity index (χ0) is 21.5. The van der Waals surface area contributed by atoms with Gasteiger partial charge in [-0.05, 0) is 49.9 Å². The smallest absolute Gasteiger partial charge is 0.276 e. The molecule has 1 unspecified atom stereocenters. The van der Waals surface area contributed by atoms with Crippen LogP contribution in [0.1, 0.15) is 43.1 Å². The summed E-state index contributed by atoms with van der Waals surface area (Å²) < 4.78 is 16.6. The fraction of sp³-hybridized carbons (Fsp3) is 0.417. The van der Waals surface area contributed by atoms with E-state index in [0.717, 1.165) is 29.7 Å². The van der Waals surface area contributed by atoms with E-state index in [1.54, 1.807) is 26.3 Å². The first-order valence-corrected chi connectivity index (χ1v) is 10.2. The van der Waals surface area contributed by atoms with Crippen LogP contribution in [0, 0.1) is 5.92 Å². The third-order valence-corrected chi connectivity index (χ3v) is 6.30. The summed E-state index contributed by atoms with van der Waals surface area (Å²) in [6.45, 7) is 4.16. The molecule has 0 spiro atoms. The van der Waals surface area contributed by atoms with E-state index in [1.165, 1.54) is 5.56 Å². The number of aryl methyl sites for hydroxylation is 1. The van der Waals surface area contributed by atoms with E-state index in [9.17, 15) is 4.79 Å². The summed E-state index contributed by atoms with van der Waals surface area (Å²) in [5.74, 6) is 1.36. The van der Waals surface area contributed by atoms with E-state index in [2.05, 4.69) is 13.8 Å². The molecule has 1 aliphatic heterocycles. The zero-order valence-corrected chi connectivity index (χ0v) is 18.1. The Bertz CT molecular complexity index is 984. The minimum atomic E-state index is -0.695. The predicted molar refractivity (Wildman–Crippen MR) is 115 cm³/mol. The van der Waals surface area contributed by atoms with Gasteiger partial charge in [0.25, 0.3) is 5.91 Å². The van der Waals surface area contributed by atoms with Crippen LogP contribution < -0.4 is 9.47 Å². The number of hydrogen-bond acceptors (Lipinski definition) is 5. The number of hydrogen-bond donors (Lipinski definition) is 0. The van der Waals surface area contributed by atoms with E-state index < -0.39 is 11.6 Å². The molecule has 2 aromatic carbocycles. The van der Waals surface area contributed by atoms with Crippen molar-refractivity contribution < 1.29 is 19.0 Å². The van der Waals surface area contributed by atoms with Crippen LogP contribution in [0.25, 0.3) is 0 Å². The maximum absolute atomic E-state index is 13.5. The quantitative estimate of drug-likeness (QED) is 0.751. The number of ether oxygens (including phenoxy) is 3. The lowest BCUT2D eigenvalue weighted by atomic mass is 9.73. The SMILES string of the molecule is COc1cc2c(cc1OC)C1=NN(C(=O)[C@@H](OC)c3ccccc3)C(C)(C)C1CC2. The largest absolute Gasteiger partial charge is 0.493 e. The maximum Gasteiger partial charge on any atom is 0.276 e. The van der Waals surface area contributed by atoms with Gasteiger partial charge in [0.05, 0.1) is 25.5 Å². The molecule has 30 heavy (non-hydrogen) atoms. The molecule has 0 aromatic heterocycles. The molecule has 1 aliphatic carbocycles. The minimum absolute atomic E-state index is 0.139. The molecule has 1 heterocycles. The first-order valence-electron chi connectivity index (χ1n) is 10.2. The number of rotatable bonds is 5. The highest BCUT2D eigenvalue weighted by molar-refractivity contribution is 6.08. The number of hydrazone groups is 1. The van der Waals surface area contributed by atoms with Crippen molar-refractivity contribution in [1.82, 2.24) is 5.01 Å². The van der Waals surface area contributed by atoms with E-state index in [-0.39, 0.29) is 11.8 Å². The number of methoxy groups -OCH3 is 3. The maximum atomic E-state index is 13.5. The fourth-order valence-electron chi connectivity index (χ4n) is 4.64. The lowest BCUT2D eigenvalue weighted by molar-refractivity contribution is -0.148. The second-order valence-electron chi connectivity index (χ2n) is 8.27. The Kier molecular flexibility index (Phi) is 5.28. The lowest BCUT2D eigenvalue weighted by Gasteiger charge is -2.37. The standard InChI is InChI=1S/C24H28N2O4/c1-24(2)18-12-11-16-13-19(28-3)20(29-4)14-17(16)21(18)25-26(24)23(27)22(30-5)15-9-7-6-8-10-15/h6-10,13-14,18,22H,11-12H2,1-5H3/t18?,22-/m0/s1. The van der Waals surface area contributed by atoms with Crippen LogP contribution in [0.5, 0.6) is 11.5 Å². The zero-order valence-electron chi connectivity index (χ0n) is 18.1. The van der Waals surface area contributed by atoms with E-state index in [1.807, 2.05) is 42.5 Å². The summed E-state index contributed by atoms with van der Waals surface area (Å²) in [6.07, 6.45) is 1.12. The van der Waals surface area contributed by atoms with Gasteiger partial charge in [0.2, 0.25) is 0 Å². The summed E-state index contributed by atoms with van der Waals surface area (Å²) in [5.41, 5.74) is 3.49. The van der Waals surface area contributed by atoms with Gasteiger partial charge >= 0.3 is 0 Å². The Labute approximate surface area is 177 Å². The van der Waals surface area contributed by atoms with Crippen LogP contribution >= 0.6 is 0 Å². The van der Waals surface area contributed by atoms with E-state index in [4.69, 9.17) is 19.3 Å². The average Bonchev–Trinajstić information content (AvgIpc) is 3.04. The Balaban J connectivity index is 1.75. The second kappa shape index (κ2) is 7.76. The van der Waals surface area contributed by atoms with E-state index in [0.29, 0.717) is 11.5 Å². The number of amides is 1. The molecule has 4 rings (SSSR count). The molecule has 6 heteroatoms. The molecule has 1 amide bonds. The van der Waals surface area contributed by atoms with Crippen LogP contribution in [0.3, 0.4) is 0 Å². The first kappa shape index (κ1) is 20.4. The first-order chi connectivity index (χ1) is 14.4. The number of carbonyl (C=O) groups excluding carboxylic acids is 1. The molecule has 0 bridgehead atoms. The van der Waals surface area contributed by atoms with Gasteiger partial charge in [-0.2, -0.15) is 5.10 Å². The van der Waals surface area contributed by atoms with Crippen LogP contribution in [0.2, 0.25) is 0 Å². The summed E-state index contributed by atoms with van der Waals surface area (Å²) >= 11 is 0. The molecular formula is C24H28N2O4. The van der Waals surface area contributed by atoms with Crippen molar-refractivity contribution in [1.29, 1.82) is 0 Å². The summed E-state index contributed by atoms with van der Waals surface area (Å²) in [5, 5.41) is 6.48. The molecule has 2 aliphatic rings. The van der Waals surface area contributed by atoms with Crippen molar-refractivity contribution in [2.24, 2.45) is 11.0 Å². The summed E-state index contributed by atoms with van der Waals surface area (Å²) in [4.78, 5) is 13.5. The third-order valence-electron chi connectivity index (χ3n) is 6.30. The van der Waals surface area contributed by atoms with Gasteiger partial charge < -0.3 is 14.2 Å². The Morgan fingerprint density at radius 2 is 1.77 bits per heavy atom. The van der Waals surface area contributed by atoms with Crippen molar-refractivity contribution in [2.45, 2.75) is 38.3 Å². The molecule has 2 aromatic rings. The van der Waals surface area contributed by atoms with Crippen molar-refractivity contribution in [2.75, 3.05) is 21.3 Å². The van der Waals surface area contributed by atoms with Gasteiger partial charge in [-0.15, -0.1) is 0 Å². The van der Waals surface area contributed by atoms with Gasteiger partial charge in [0, 0.05) is 18.6 Å². The Morgan fingerprint density at radius 1 is 1.10 bits per heavy atom.